The lowest BCUT2D eigenvalue weighted by Crippen LogP contribution is -2.26. The monoisotopic (exact) mass is 461 g/mol. The van der Waals surface area contributed by atoms with Crippen LogP contribution in [0.3, 0.4) is 0 Å². The molecule has 170 valence electrons. The molecule has 0 radical (unpaired) electrons. The van der Waals surface area contributed by atoms with E-state index in [0.29, 0.717) is 0 Å². The van der Waals surface area contributed by atoms with Gasteiger partial charge in [-0.1, -0.05) is 6.07 Å². The van der Waals surface area contributed by atoms with Crippen LogP contribution in [0.5, 0.6) is 5.88 Å². The molecule has 12 heteroatoms. The van der Waals surface area contributed by atoms with Gasteiger partial charge < -0.3 is 9.30 Å². The predicted molar refractivity (Wildman–Crippen MR) is 110 cm³/mol. The smallest absolute Gasteiger partial charge is 0.281 e. The summed E-state index contributed by atoms with van der Waals surface area (Å²) in [4.78, 5) is 33.0. The quantitative estimate of drug-likeness (QED) is 0.410. The van der Waals surface area contributed by atoms with Gasteiger partial charge in [0.25, 0.3) is 18.4 Å². The van der Waals surface area contributed by atoms with E-state index < -0.39 is 30.7 Å². The zero-order valence-corrected chi connectivity index (χ0v) is 17.0. The molecule has 0 atom stereocenters. The van der Waals surface area contributed by atoms with Crippen molar-refractivity contribution in [2.24, 2.45) is 7.05 Å². The first-order valence-corrected chi connectivity index (χ1v) is 9.51. The Labute approximate surface area is 182 Å². The van der Waals surface area contributed by atoms with Crippen molar-refractivity contribution in [2.75, 3.05) is 6.61 Å². The molecule has 0 bridgehead atoms. The minimum absolute atomic E-state index is 0.0134. The van der Waals surface area contributed by atoms with Crippen LogP contribution in [0, 0.1) is 0 Å². The van der Waals surface area contributed by atoms with Crippen molar-refractivity contribution in [2.45, 2.75) is 12.9 Å². The van der Waals surface area contributed by atoms with Crippen molar-refractivity contribution in [3.05, 3.63) is 75.2 Å². The van der Waals surface area contributed by atoms with Gasteiger partial charge in [0.1, 0.15) is 16.7 Å². The second-order valence-electron chi connectivity index (χ2n) is 6.92. The van der Waals surface area contributed by atoms with Crippen LogP contribution in [-0.4, -0.2) is 37.3 Å². The van der Waals surface area contributed by atoms with Crippen LogP contribution < -0.4 is 15.9 Å². The van der Waals surface area contributed by atoms with Crippen LogP contribution in [-0.2, 0) is 7.05 Å². The first-order chi connectivity index (χ1) is 15.7. The van der Waals surface area contributed by atoms with Crippen LogP contribution in [0.4, 0.5) is 17.6 Å². The van der Waals surface area contributed by atoms with Gasteiger partial charge >= 0.3 is 0 Å². The van der Waals surface area contributed by atoms with E-state index in [4.69, 9.17) is 4.74 Å². The fourth-order valence-corrected chi connectivity index (χ4v) is 3.11. The van der Waals surface area contributed by atoms with Crippen molar-refractivity contribution in [3.8, 4) is 22.7 Å². The molecule has 0 amide bonds. The predicted octanol–water partition coefficient (Wildman–Crippen LogP) is 3.12. The van der Waals surface area contributed by atoms with Gasteiger partial charge in [-0.3, -0.25) is 14.6 Å². The SMILES string of the molecule is Cn1cc(-n2nc3ccc(OCC(F)F)nc3c(-c3ccc(C(F)F)nc3)c2=O)ccc1=O. The highest BCUT2D eigenvalue weighted by Gasteiger charge is 2.19. The molecule has 0 saturated carbocycles. The lowest BCUT2D eigenvalue weighted by Gasteiger charge is -2.13. The molecule has 8 nitrogen and oxygen atoms in total. The lowest BCUT2D eigenvalue weighted by molar-refractivity contribution is 0.0798. The average Bonchev–Trinajstić information content (AvgIpc) is 2.79. The van der Waals surface area contributed by atoms with Crippen molar-refractivity contribution in [3.63, 3.8) is 0 Å². The van der Waals surface area contributed by atoms with Gasteiger partial charge in [-0.05, 0) is 18.2 Å². The summed E-state index contributed by atoms with van der Waals surface area (Å²) >= 11 is 0. The number of ether oxygens (including phenoxy) is 1. The Hall–Kier alpha value is -4.09. The Bertz CT molecular complexity index is 1440. The van der Waals surface area contributed by atoms with Gasteiger partial charge in [0.15, 0.2) is 6.61 Å². The number of aromatic nitrogens is 5. The third-order valence-electron chi connectivity index (χ3n) is 4.67. The molecular formula is C21H15F4N5O3. The zero-order chi connectivity index (χ0) is 23.7. The molecule has 0 aliphatic heterocycles. The van der Waals surface area contributed by atoms with E-state index in [1.54, 1.807) is 0 Å². The highest BCUT2D eigenvalue weighted by atomic mass is 19.3. The van der Waals surface area contributed by atoms with Crippen molar-refractivity contribution in [1.29, 1.82) is 0 Å². The number of alkyl halides is 4. The molecule has 0 N–H and O–H groups in total. The van der Waals surface area contributed by atoms with Crippen LogP contribution in [0.1, 0.15) is 12.1 Å². The summed E-state index contributed by atoms with van der Waals surface area (Å²) in [5, 5.41) is 4.27. The Kier molecular flexibility index (Phi) is 5.90. The molecule has 0 aliphatic rings. The number of pyridine rings is 3. The standard InChI is InChI=1S/C21H15F4N5O3/c1-29-9-12(3-7-17(29)31)30-21(32)18(11-2-4-14(20(24)25)26-8-11)19-13(28-30)5-6-16(27-19)33-10-15(22)23/h2-9,15,20H,10H2,1H3. The van der Waals surface area contributed by atoms with E-state index in [2.05, 4.69) is 15.1 Å². The summed E-state index contributed by atoms with van der Waals surface area (Å²) in [6, 6.07) is 7.74. The summed E-state index contributed by atoms with van der Waals surface area (Å²) in [5.74, 6) is -0.165. The Morgan fingerprint density at radius 2 is 1.82 bits per heavy atom. The van der Waals surface area contributed by atoms with Crippen LogP contribution in [0.15, 0.2) is 58.4 Å². The summed E-state index contributed by atoms with van der Waals surface area (Å²) in [5.41, 5.74) is -0.892. The van der Waals surface area contributed by atoms with Gasteiger partial charge in [-0.15, -0.1) is 0 Å². The number of rotatable bonds is 6. The number of hydrogen-bond acceptors (Lipinski definition) is 6. The number of aryl methyl sites for hydroxylation is 1. The number of fused-ring (bicyclic) bond motifs is 1. The maximum absolute atomic E-state index is 13.4. The van der Waals surface area contributed by atoms with Crippen molar-refractivity contribution < 1.29 is 22.3 Å². The Balaban J connectivity index is 1.97. The minimum atomic E-state index is -2.80. The molecule has 4 aromatic heterocycles. The van der Waals surface area contributed by atoms with Crippen LogP contribution in [0.25, 0.3) is 27.8 Å². The van der Waals surface area contributed by atoms with Gasteiger partial charge in [0.2, 0.25) is 11.4 Å². The van der Waals surface area contributed by atoms with Gasteiger partial charge in [-0.25, -0.2) is 22.5 Å². The molecule has 0 spiro atoms. The molecule has 4 aromatic rings. The molecule has 0 aromatic carbocycles. The number of hydrogen-bond donors (Lipinski definition) is 0. The second-order valence-corrected chi connectivity index (χ2v) is 6.92. The highest BCUT2D eigenvalue weighted by molar-refractivity contribution is 5.90. The van der Waals surface area contributed by atoms with Crippen molar-refractivity contribution in [1.82, 2.24) is 24.3 Å². The normalized spacial score (nSPS) is 11.5. The summed E-state index contributed by atoms with van der Waals surface area (Å²) < 4.78 is 58.2. The van der Waals surface area contributed by atoms with Gasteiger partial charge in [0, 0.05) is 37.1 Å². The van der Waals surface area contributed by atoms with Crippen molar-refractivity contribution >= 4 is 11.0 Å². The lowest BCUT2D eigenvalue weighted by atomic mass is 10.1. The Morgan fingerprint density at radius 3 is 2.45 bits per heavy atom. The van der Waals surface area contributed by atoms with Gasteiger partial charge in [0.05, 0.1) is 11.3 Å². The third kappa shape index (κ3) is 4.45. The average molecular weight is 461 g/mol. The summed E-state index contributed by atoms with van der Waals surface area (Å²) in [6.07, 6.45) is -3.04. The van der Waals surface area contributed by atoms with E-state index in [1.807, 2.05) is 0 Å². The van der Waals surface area contributed by atoms with E-state index >= 15 is 0 Å². The molecule has 0 aliphatic carbocycles. The second kappa shape index (κ2) is 8.81. The largest absolute Gasteiger partial charge is 0.472 e. The zero-order valence-electron chi connectivity index (χ0n) is 17.0. The molecule has 4 rings (SSSR count). The fraction of sp³-hybridized carbons (Fsp3) is 0.190. The third-order valence-corrected chi connectivity index (χ3v) is 4.67. The maximum atomic E-state index is 13.4. The van der Waals surface area contributed by atoms with Gasteiger partial charge in [-0.2, -0.15) is 9.78 Å². The van der Waals surface area contributed by atoms with Crippen LogP contribution >= 0.6 is 0 Å². The summed E-state index contributed by atoms with van der Waals surface area (Å²) in [7, 11) is 1.50. The summed E-state index contributed by atoms with van der Waals surface area (Å²) in [6.45, 7) is -0.902. The van der Waals surface area contributed by atoms with E-state index in [0.717, 1.165) is 16.9 Å². The van der Waals surface area contributed by atoms with Crippen LogP contribution in [0.2, 0.25) is 0 Å². The van der Waals surface area contributed by atoms with E-state index in [-0.39, 0.29) is 39.3 Å². The molecule has 0 unspecified atom stereocenters. The van der Waals surface area contributed by atoms with E-state index in [1.165, 1.54) is 48.1 Å². The molecular weight excluding hydrogens is 446 g/mol. The number of halogens is 4. The molecule has 33 heavy (non-hydrogen) atoms. The molecule has 4 heterocycles. The maximum Gasteiger partial charge on any atom is 0.281 e. The van der Waals surface area contributed by atoms with E-state index in [9.17, 15) is 27.2 Å². The topological polar surface area (TPSA) is 91.9 Å². The molecule has 0 saturated heterocycles. The Morgan fingerprint density at radius 1 is 1.03 bits per heavy atom. The minimum Gasteiger partial charge on any atom is -0.472 e. The molecule has 0 fully saturated rings. The first-order valence-electron chi connectivity index (χ1n) is 9.51. The fourth-order valence-electron chi connectivity index (χ4n) is 3.11. The number of nitrogens with zero attached hydrogens (tertiary/aromatic N) is 5. The highest BCUT2D eigenvalue weighted by Crippen LogP contribution is 2.26. The first kappa shape index (κ1) is 22.1.